The van der Waals surface area contributed by atoms with Crippen LogP contribution in [0.15, 0.2) is 4.47 Å². The lowest BCUT2D eigenvalue weighted by Crippen LogP contribution is -2.63. The zero-order valence-electron chi connectivity index (χ0n) is 23.3. The second kappa shape index (κ2) is 9.67. The number of benzene rings is 1. The standard InChI is InChI=1S/C28H33BrClF2N5O4/c1-27(2,3)41-26(38)37-15-5-6-16(37)17-12-39-23-18-22(21(32)19(29)20(23)30)33-25(34-24(18)36(17)11-15)40-13-28-7-4-8-35(28)10-14(31)9-28/h14-17H,4-13H2,1-3H3/t14-,15-,16+,17-,28+/m1/s1. The molecule has 9 nitrogen and oxygen atoms in total. The van der Waals surface area contributed by atoms with Gasteiger partial charge in [0.2, 0.25) is 0 Å². The Morgan fingerprint density at radius 3 is 2.83 bits per heavy atom. The summed E-state index contributed by atoms with van der Waals surface area (Å²) >= 11 is 9.87. The number of anilines is 1. The van der Waals surface area contributed by atoms with Crippen LogP contribution in [0.2, 0.25) is 5.02 Å². The number of carbonyl (C=O) groups is 1. The van der Waals surface area contributed by atoms with Gasteiger partial charge in [0.25, 0.3) is 0 Å². The minimum atomic E-state index is -0.895. The average molecular weight is 657 g/mol. The normalized spacial score (nSPS) is 30.7. The van der Waals surface area contributed by atoms with E-state index in [1.54, 1.807) is 0 Å². The van der Waals surface area contributed by atoms with E-state index in [4.69, 9.17) is 30.8 Å². The number of piperazine rings is 1. The van der Waals surface area contributed by atoms with Gasteiger partial charge in [-0.1, -0.05) is 11.6 Å². The van der Waals surface area contributed by atoms with E-state index in [1.807, 2.05) is 25.7 Å². The summed E-state index contributed by atoms with van der Waals surface area (Å²) in [5.41, 5.74) is -0.989. The number of hydrogen-bond donors (Lipinski definition) is 0. The van der Waals surface area contributed by atoms with Crippen LogP contribution in [0, 0.1) is 5.82 Å². The molecule has 0 spiro atoms. The third-order valence-corrected chi connectivity index (χ3v) is 10.5. The molecule has 13 heteroatoms. The highest BCUT2D eigenvalue weighted by atomic mass is 79.9. The van der Waals surface area contributed by atoms with Crippen molar-refractivity contribution in [1.82, 2.24) is 19.8 Å². The van der Waals surface area contributed by atoms with Gasteiger partial charge < -0.3 is 19.1 Å². The fourth-order valence-electron chi connectivity index (χ4n) is 7.51. The zero-order chi connectivity index (χ0) is 28.8. The molecule has 0 unspecified atom stereocenters. The highest BCUT2D eigenvalue weighted by molar-refractivity contribution is 9.10. The van der Waals surface area contributed by atoms with Crippen molar-refractivity contribution < 1.29 is 27.8 Å². The number of rotatable bonds is 3. The SMILES string of the molecule is CC(C)(C)OC(=O)N1[C@@H]2CC[C@H]1[C@H]1COc3c(Cl)c(Br)c(F)c4nc(OC[C@@]56CCCN5C[C@H](F)C6)nc(c34)N1C2. The minimum absolute atomic E-state index is 0.0256. The van der Waals surface area contributed by atoms with E-state index in [-0.39, 0.29) is 58.5 Å². The second-order valence-corrected chi connectivity index (χ2v) is 14.1. The fraction of sp³-hybridized carbons (Fsp3) is 0.679. The third kappa shape index (κ3) is 4.42. The smallest absolute Gasteiger partial charge is 0.410 e. The lowest BCUT2D eigenvalue weighted by atomic mass is 9.95. The van der Waals surface area contributed by atoms with Crippen molar-refractivity contribution in [2.75, 3.05) is 37.7 Å². The maximum Gasteiger partial charge on any atom is 0.410 e. The summed E-state index contributed by atoms with van der Waals surface area (Å²) < 4.78 is 48.4. The molecule has 1 amide bonds. The Hall–Kier alpha value is -2.18. The molecule has 0 aliphatic carbocycles. The molecular formula is C28H33BrClF2N5O4. The fourth-order valence-corrected chi connectivity index (χ4v) is 8.11. The Labute approximate surface area is 250 Å². The van der Waals surface area contributed by atoms with E-state index in [0.29, 0.717) is 36.5 Å². The van der Waals surface area contributed by atoms with Crippen LogP contribution in [0.4, 0.5) is 19.4 Å². The number of ether oxygens (including phenoxy) is 3. The monoisotopic (exact) mass is 655 g/mol. The lowest BCUT2D eigenvalue weighted by molar-refractivity contribution is 0.00545. The highest BCUT2D eigenvalue weighted by Crippen LogP contribution is 2.49. The first-order chi connectivity index (χ1) is 19.5. The van der Waals surface area contributed by atoms with Gasteiger partial charge in [-0.05, 0) is 68.9 Å². The van der Waals surface area contributed by atoms with Crippen molar-refractivity contribution in [3.63, 3.8) is 0 Å². The van der Waals surface area contributed by atoms with Crippen LogP contribution in [0.25, 0.3) is 10.9 Å². The Kier molecular flexibility index (Phi) is 6.52. The molecule has 41 heavy (non-hydrogen) atoms. The van der Waals surface area contributed by atoms with E-state index in [9.17, 15) is 9.18 Å². The van der Waals surface area contributed by atoms with Crippen LogP contribution in [0.3, 0.4) is 0 Å². The van der Waals surface area contributed by atoms with Crippen LogP contribution in [0.1, 0.15) is 52.9 Å². The van der Waals surface area contributed by atoms with Gasteiger partial charge in [-0.2, -0.15) is 9.97 Å². The molecule has 6 heterocycles. The van der Waals surface area contributed by atoms with E-state index < -0.39 is 23.1 Å². The van der Waals surface area contributed by atoms with Crippen LogP contribution in [-0.2, 0) is 4.74 Å². The third-order valence-electron chi connectivity index (χ3n) is 9.19. The summed E-state index contributed by atoms with van der Waals surface area (Å²) in [5.74, 6) is 0.124. The molecule has 0 saturated carbocycles. The molecule has 4 fully saturated rings. The van der Waals surface area contributed by atoms with Crippen molar-refractivity contribution in [2.45, 2.75) is 88.3 Å². The lowest BCUT2D eigenvalue weighted by Gasteiger charge is -2.46. The van der Waals surface area contributed by atoms with E-state index >= 15 is 4.39 Å². The number of amides is 1. The largest absolute Gasteiger partial charge is 0.489 e. The van der Waals surface area contributed by atoms with E-state index in [2.05, 4.69) is 30.7 Å². The Morgan fingerprint density at radius 2 is 2.05 bits per heavy atom. The molecule has 2 bridgehead atoms. The molecule has 0 N–H and O–H groups in total. The summed E-state index contributed by atoms with van der Waals surface area (Å²) in [5, 5.41) is 0.476. The molecule has 7 rings (SSSR count). The van der Waals surface area contributed by atoms with Crippen LogP contribution in [-0.4, -0.2) is 94.1 Å². The minimum Gasteiger partial charge on any atom is -0.489 e. The van der Waals surface area contributed by atoms with Crippen molar-refractivity contribution in [3.05, 3.63) is 15.3 Å². The number of hydrogen-bond acceptors (Lipinski definition) is 8. The van der Waals surface area contributed by atoms with Gasteiger partial charge in [0.1, 0.15) is 41.3 Å². The quantitative estimate of drug-likeness (QED) is 0.402. The van der Waals surface area contributed by atoms with Crippen molar-refractivity contribution in [3.8, 4) is 11.8 Å². The predicted molar refractivity (Wildman–Crippen MR) is 152 cm³/mol. The summed E-state index contributed by atoms with van der Waals surface area (Å²) in [6.07, 6.45) is 2.55. The van der Waals surface area contributed by atoms with Crippen LogP contribution >= 0.6 is 27.5 Å². The number of carbonyl (C=O) groups excluding carboxylic acids is 1. The Bertz CT molecular complexity index is 1430. The summed E-state index contributed by atoms with van der Waals surface area (Å²) in [4.78, 5) is 28.7. The number of fused-ring (bicyclic) bond motifs is 6. The van der Waals surface area contributed by atoms with E-state index in [1.165, 1.54) is 0 Å². The molecule has 5 atom stereocenters. The van der Waals surface area contributed by atoms with Crippen molar-refractivity contribution >= 4 is 50.3 Å². The Morgan fingerprint density at radius 1 is 1.24 bits per heavy atom. The molecular weight excluding hydrogens is 624 g/mol. The molecule has 1 aromatic heterocycles. The second-order valence-electron chi connectivity index (χ2n) is 12.9. The maximum absolute atomic E-state index is 15.7. The molecule has 2 aromatic rings. The maximum atomic E-state index is 15.7. The summed E-state index contributed by atoms with van der Waals surface area (Å²) in [7, 11) is 0. The highest BCUT2D eigenvalue weighted by Gasteiger charge is 2.52. The van der Waals surface area contributed by atoms with Crippen LogP contribution in [0.5, 0.6) is 11.8 Å². The van der Waals surface area contributed by atoms with Crippen LogP contribution < -0.4 is 14.4 Å². The van der Waals surface area contributed by atoms with Crippen molar-refractivity contribution in [2.24, 2.45) is 0 Å². The zero-order valence-corrected chi connectivity index (χ0v) is 25.6. The number of halogens is 4. The van der Waals surface area contributed by atoms with E-state index in [0.717, 1.165) is 32.2 Å². The molecule has 5 aliphatic heterocycles. The molecule has 5 aliphatic rings. The topological polar surface area (TPSA) is 80.3 Å². The summed E-state index contributed by atoms with van der Waals surface area (Å²) in [6.45, 7) is 7.70. The summed E-state index contributed by atoms with van der Waals surface area (Å²) in [6, 6.07) is -0.546. The molecule has 0 radical (unpaired) electrons. The van der Waals surface area contributed by atoms with Gasteiger partial charge in [0.15, 0.2) is 11.6 Å². The van der Waals surface area contributed by atoms with Gasteiger partial charge in [-0.25, -0.2) is 13.6 Å². The van der Waals surface area contributed by atoms with Gasteiger partial charge in [-0.15, -0.1) is 0 Å². The molecule has 1 aromatic carbocycles. The predicted octanol–water partition coefficient (Wildman–Crippen LogP) is 5.49. The molecule has 4 saturated heterocycles. The first-order valence-corrected chi connectivity index (χ1v) is 15.4. The molecule has 222 valence electrons. The van der Waals surface area contributed by atoms with Gasteiger partial charge in [-0.3, -0.25) is 9.80 Å². The number of nitrogens with zero attached hydrogens (tertiary/aromatic N) is 5. The Balaban J connectivity index is 1.28. The first-order valence-electron chi connectivity index (χ1n) is 14.3. The van der Waals surface area contributed by atoms with Crippen molar-refractivity contribution in [1.29, 1.82) is 0 Å². The average Bonchev–Trinajstić information content (AvgIpc) is 3.50. The first kappa shape index (κ1) is 27.6. The van der Waals surface area contributed by atoms with Gasteiger partial charge in [0, 0.05) is 19.5 Å². The van der Waals surface area contributed by atoms with Gasteiger partial charge in [0.05, 0.1) is 33.5 Å². The number of aromatic nitrogens is 2. The van der Waals surface area contributed by atoms with Gasteiger partial charge >= 0.3 is 12.1 Å². The number of alkyl halides is 1.